The first kappa shape index (κ1) is 19.0. The number of nitrogens with two attached hydrogens (primary N) is 1. The van der Waals surface area contributed by atoms with Gasteiger partial charge in [-0.2, -0.15) is 10.1 Å². The van der Waals surface area contributed by atoms with Gasteiger partial charge in [-0.3, -0.25) is 9.48 Å². The first-order valence-corrected chi connectivity index (χ1v) is 9.65. The number of methoxy groups -OCH3 is 1. The number of Topliss-reactive ketones (excluding diaryl/α,β-unsaturated/α-hetero) is 1. The molecule has 0 aliphatic carbocycles. The van der Waals surface area contributed by atoms with Gasteiger partial charge in [0.25, 0.3) is 0 Å². The topological polar surface area (TPSA) is 111 Å². The fraction of sp³-hybridized carbons (Fsp3) is 0.400. The highest BCUT2D eigenvalue weighted by Gasteiger charge is 2.26. The Balaban J connectivity index is 1.46. The van der Waals surface area contributed by atoms with Gasteiger partial charge in [0.1, 0.15) is 11.6 Å². The van der Waals surface area contributed by atoms with Gasteiger partial charge in [-0.05, 0) is 31.0 Å². The maximum Gasteiger partial charge on any atom is 0.222 e. The van der Waals surface area contributed by atoms with Crippen LogP contribution in [0.5, 0.6) is 5.75 Å². The molecule has 0 saturated carbocycles. The predicted octanol–water partition coefficient (Wildman–Crippen LogP) is 1.85. The first-order valence-electron chi connectivity index (χ1n) is 9.65. The number of nitrogen functional groups attached to an aromatic ring is 1. The van der Waals surface area contributed by atoms with E-state index < -0.39 is 0 Å². The molecule has 4 rings (SSSR count). The van der Waals surface area contributed by atoms with E-state index in [-0.39, 0.29) is 24.2 Å². The van der Waals surface area contributed by atoms with Crippen molar-refractivity contribution in [2.24, 2.45) is 13.0 Å². The summed E-state index contributed by atoms with van der Waals surface area (Å²) in [5.41, 5.74) is 7.59. The van der Waals surface area contributed by atoms with Gasteiger partial charge in [0, 0.05) is 37.6 Å². The number of anilines is 3. The number of hydrogen-bond donors (Lipinski definition) is 2. The van der Waals surface area contributed by atoms with E-state index in [1.165, 1.54) is 0 Å². The van der Waals surface area contributed by atoms with Gasteiger partial charge in [-0.1, -0.05) is 0 Å². The summed E-state index contributed by atoms with van der Waals surface area (Å²) in [5.74, 6) is 1.53. The number of fused-ring (bicyclic) bond motifs is 1. The van der Waals surface area contributed by atoms with Gasteiger partial charge < -0.3 is 20.7 Å². The molecule has 1 fully saturated rings. The number of piperidine rings is 1. The van der Waals surface area contributed by atoms with E-state index in [0.29, 0.717) is 23.6 Å². The van der Waals surface area contributed by atoms with Crippen LogP contribution in [0, 0.1) is 5.92 Å². The number of aromatic nitrogens is 4. The minimum Gasteiger partial charge on any atom is -0.497 e. The second-order valence-corrected chi connectivity index (χ2v) is 7.29. The molecule has 9 nitrogen and oxygen atoms in total. The van der Waals surface area contributed by atoms with Crippen molar-refractivity contribution in [3.8, 4) is 5.75 Å². The molecule has 1 unspecified atom stereocenters. The molecular formula is C20H25N7O2. The zero-order chi connectivity index (χ0) is 20.4. The third-order valence-corrected chi connectivity index (χ3v) is 5.28. The summed E-state index contributed by atoms with van der Waals surface area (Å²) < 4.78 is 7.07. The van der Waals surface area contributed by atoms with Crippen LogP contribution in [0.3, 0.4) is 0 Å². The normalized spacial score (nSPS) is 16.8. The van der Waals surface area contributed by atoms with Crippen LogP contribution >= 0.6 is 0 Å². The fourth-order valence-electron chi connectivity index (χ4n) is 3.75. The summed E-state index contributed by atoms with van der Waals surface area (Å²) in [5, 5.41) is 8.17. The van der Waals surface area contributed by atoms with Crippen molar-refractivity contribution >= 4 is 34.1 Å². The average Bonchev–Trinajstić information content (AvgIpc) is 3.18. The molecule has 1 saturated heterocycles. The Hall–Kier alpha value is -3.36. The van der Waals surface area contributed by atoms with E-state index in [1.807, 2.05) is 37.6 Å². The van der Waals surface area contributed by atoms with Gasteiger partial charge in [0.05, 0.1) is 31.1 Å². The molecule has 29 heavy (non-hydrogen) atoms. The number of benzene rings is 1. The van der Waals surface area contributed by atoms with E-state index in [1.54, 1.807) is 11.8 Å². The molecule has 1 atom stereocenters. The van der Waals surface area contributed by atoms with Crippen LogP contribution < -0.4 is 20.7 Å². The summed E-state index contributed by atoms with van der Waals surface area (Å²) in [4.78, 5) is 23.6. The lowest BCUT2D eigenvalue weighted by molar-refractivity contribution is -0.121. The number of nitrogens with one attached hydrogen (secondary N) is 1. The van der Waals surface area contributed by atoms with E-state index in [0.717, 1.165) is 30.5 Å². The van der Waals surface area contributed by atoms with Crippen molar-refractivity contribution in [2.45, 2.75) is 12.8 Å². The highest BCUT2D eigenvalue weighted by Crippen LogP contribution is 2.27. The van der Waals surface area contributed by atoms with Crippen molar-refractivity contribution < 1.29 is 9.53 Å². The van der Waals surface area contributed by atoms with E-state index >= 15 is 0 Å². The summed E-state index contributed by atoms with van der Waals surface area (Å²) >= 11 is 0. The SMILES string of the molecule is COc1ccc2nc(N)nc(NCC(=O)C3CCCN(c4cnn(C)c4)C3)c2c1. The Morgan fingerprint density at radius 2 is 2.24 bits per heavy atom. The maximum atomic E-state index is 12.9. The Kier molecular flexibility index (Phi) is 5.20. The monoisotopic (exact) mass is 395 g/mol. The van der Waals surface area contributed by atoms with E-state index in [2.05, 4.69) is 25.3 Å². The predicted molar refractivity (Wildman–Crippen MR) is 112 cm³/mol. The molecule has 0 bridgehead atoms. The zero-order valence-corrected chi connectivity index (χ0v) is 16.6. The number of hydrogen-bond acceptors (Lipinski definition) is 8. The van der Waals surface area contributed by atoms with Crippen molar-refractivity contribution in [2.75, 3.05) is 42.7 Å². The summed E-state index contributed by atoms with van der Waals surface area (Å²) in [6.45, 7) is 1.83. The van der Waals surface area contributed by atoms with Crippen molar-refractivity contribution in [3.05, 3.63) is 30.6 Å². The average molecular weight is 395 g/mol. The highest BCUT2D eigenvalue weighted by atomic mass is 16.5. The van der Waals surface area contributed by atoms with Crippen LogP contribution in [-0.2, 0) is 11.8 Å². The van der Waals surface area contributed by atoms with Crippen LogP contribution in [0.25, 0.3) is 10.9 Å². The largest absolute Gasteiger partial charge is 0.497 e. The first-order chi connectivity index (χ1) is 14.0. The summed E-state index contributed by atoms with van der Waals surface area (Å²) in [6, 6.07) is 5.48. The molecule has 3 heterocycles. The Bertz CT molecular complexity index is 1030. The van der Waals surface area contributed by atoms with Crippen LogP contribution in [0.15, 0.2) is 30.6 Å². The highest BCUT2D eigenvalue weighted by molar-refractivity contribution is 5.93. The third-order valence-electron chi connectivity index (χ3n) is 5.28. The molecule has 152 valence electrons. The maximum absolute atomic E-state index is 12.9. The lowest BCUT2D eigenvalue weighted by Crippen LogP contribution is -2.40. The molecular weight excluding hydrogens is 370 g/mol. The number of carbonyl (C=O) groups excluding carboxylic acids is 1. The lowest BCUT2D eigenvalue weighted by atomic mass is 9.93. The number of aryl methyl sites for hydroxylation is 1. The molecule has 0 amide bonds. The van der Waals surface area contributed by atoms with Crippen molar-refractivity contribution in [1.29, 1.82) is 0 Å². The fourth-order valence-corrected chi connectivity index (χ4v) is 3.75. The Labute approximate surface area is 168 Å². The Morgan fingerprint density at radius 3 is 3.00 bits per heavy atom. The third kappa shape index (κ3) is 4.08. The van der Waals surface area contributed by atoms with Crippen LogP contribution in [0.4, 0.5) is 17.5 Å². The molecule has 3 aromatic rings. The summed E-state index contributed by atoms with van der Waals surface area (Å²) in [7, 11) is 3.50. The van der Waals surface area contributed by atoms with Gasteiger partial charge in [-0.15, -0.1) is 0 Å². The van der Waals surface area contributed by atoms with E-state index in [4.69, 9.17) is 10.5 Å². The standard InChI is InChI=1S/C20H25N7O2/c1-26-12-14(9-23-26)27-7-3-4-13(11-27)18(28)10-22-19-16-8-15(29-2)5-6-17(16)24-20(21)25-19/h5-6,8-9,12-13H,3-4,7,10-11H2,1-2H3,(H3,21,22,24,25). The van der Waals surface area contributed by atoms with Gasteiger partial charge in [-0.25, -0.2) is 4.98 Å². The molecule has 2 aromatic heterocycles. The minimum absolute atomic E-state index is 0.0311. The molecule has 1 aliphatic heterocycles. The minimum atomic E-state index is -0.0311. The van der Waals surface area contributed by atoms with Crippen LogP contribution in [0.1, 0.15) is 12.8 Å². The lowest BCUT2D eigenvalue weighted by Gasteiger charge is -2.32. The number of ketones is 1. The molecule has 1 aliphatic rings. The molecule has 0 radical (unpaired) electrons. The second kappa shape index (κ2) is 7.94. The number of carbonyl (C=O) groups is 1. The van der Waals surface area contributed by atoms with Crippen LogP contribution in [0.2, 0.25) is 0 Å². The Morgan fingerprint density at radius 1 is 1.38 bits per heavy atom. The quantitative estimate of drug-likeness (QED) is 0.650. The van der Waals surface area contributed by atoms with Gasteiger partial charge in [0.15, 0.2) is 5.78 Å². The van der Waals surface area contributed by atoms with Gasteiger partial charge >= 0.3 is 0 Å². The molecule has 9 heteroatoms. The second-order valence-electron chi connectivity index (χ2n) is 7.29. The van der Waals surface area contributed by atoms with Crippen LogP contribution in [-0.4, -0.2) is 52.3 Å². The van der Waals surface area contributed by atoms with Gasteiger partial charge in [0.2, 0.25) is 5.95 Å². The number of nitrogens with zero attached hydrogens (tertiary/aromatic N) is 5. The zero-order valence-electron chi connectivity index (χ0n) is 16.6. The van der Waals surface area contributed by atoms with Crippen molar-refractivity contribution in [1.82, 2.24) is 19.7 Å². The molecule has 1 aromatic carbocycles. The van der Waals surface area contributed by atoms with Crippen molar-refractivity contribution in [3.63, 3.8) is 0 Å². The summed E-state index contributed by atoms with van der Waals surface area (Å²) in [6.07, 6.45) is 5.69. The number of rotatable bonds is 6. The molecule has 0 spiro atoms. The number of ether oxygens (including phenoxy) is 1. The molecule has 3 N–H and O–H groups in total. The smallest absolute Gasteiger partial charge is 0.222 e. The van der Waals surface area contributed by atoms with E-state index in [9.17, 15) is 4.79 Å².